The van der Waals surface area contributed by atoms with Gasteiger partial charge in [-0.15, -0.1) is 0 Å². The molecule has 0 fully saturated rings. The highest BCUT2D eigenvalue weighted by molar-refractivity contribution is 5.57. The molecule has 1 aromatic carbocycles. The zero-order chi connectivity index (χ0) is 10.8. The molecule has 0 unspecified atom stereocenters. The van der Waals surface area contributed by atoms with Crippen LogP contribution in [-0.4, -0.2) is 17.1 Å². The van der Waals surface area contributed by atoms with E-state index in [9.17, 15) is 0 Å². The van der Waals surface area contributed by atoms with Crippen LogP contribution in [0.15, 0.2) is 24.3 Å². The highest BCUT2D eigenvalue weighted by Gasteiger charge is 2.04. The number of benzene rings is 1. The van der Waals surface area contributed by atoms with Crippen LogP contribution >= 0.6 is 0 Å². The third-order valence-electron chi connectivity index (χ3n) is 2.49. The Morgan fingerprint density at radius 2 is 1.80 bits per heavy atom. The molecule has 3 heteroatoms. The maximum atomic E-state index is 5.10. The predicted octanol–water partition coefficient (Wildman–Crippen LogP) is 2.70. The molecule has 1 N–H and O–H groups in total. The fraction of sp³-hybridized carbons (Fsp3) is 0.250. The Balaban J connectivity index is 2.37. The van der Waals surface area contributed by atoms with Gasteiger partial charge in [0.2, 0.25) is 0 Å². The molecule has 2 aromatic rings. The van der Waals surface area contributed by atoms with Gasteiger partial charge in [0, 0.05) is 11.3 Å². The Bertz CT molecular complexity index is 437. The Kier molecular flexibility index (Phi) is 2.46. The molecule has 0 radical (unpaired) electrons. The summed E-state index contributed by atoms with van der Waals surface area (Å²) in [5.74, 6) is 1.77. The number of aromatic nitrogens is 2. The third-order valence-corrected chi connectivity index (χ3v) is 2.49. The normalized spacial score (nSPS) is 10.3. The lowest BCUT2D eigenvalue weighted by atomic mass is 10.2. The van der Waals surface area contributed by atoms with E-state index in [4.69, 9.17) is 4.74 Å². The van der Waals surface area contributed by atoms with Gasteiger partial charge in [-0.05, 0) is 38.1 Å². The van der Waals surface area contributed by atoms with Gasteiger partial charge in [-0.25, -0.2) is 4.98 Å². The van der Waals surface area contributed by atoms with Gasteiger partial charge >= 0.3 is 0 Å². The summed E-state index contributed by atoms with van der Waals surface area (Å²) in [6, 6.07) is 7.86. The molecule has 3 nitrogen and oxygen atoms in total. The summed E-state index contributed by atoms with van der Waals surface area (Å²) in [7, 11) is 1.66. The van der Waals surface area contributed by atoms with Crippen molar-refractivity contribution < 1.29 is 4.74 Å². The second-order valence-corrected chi connectivity index (χ2v) is 3.52. The van der Waals surface area contributed by atoms with Crippen LogP contribution < -0.4 is 4.74 Å². The van der Waals surface area contributed by atoms with Crippen molar-refractivity contribution in [2.45, 2.75) is 13.8 Å². The number of hydrogen-bond acceptors (Lipinski definition) is 2. The van der Waals surface area contributed by atoms with Crippen LogP contribution in [0.2, 0.25) is 0 Å². The lowest BCUT2D eigenvalue weighted by Crippen LogP contribution is -1.84. The Morgan fingerprint density at radius 1 is 1.13 bits per heavy atom. The summed E-state index contributed by atoms with van der Waals surface area (Å²) in [5, 5.41) is 0. The highest BCUT2D eigenvalue weighted by Crippen LogP contribution is 2.20. The fourth-order valence-corrected chi connectivity index (χ4v) is 1.43. The average molecular weight is 202 g/mol. The van der Waals surface area contributed by atoms with Crippen molar-refractivity contribution in [3.8, 4) is 17.1 Å². The van der Waals surface area contributed by atoms with Crippen molar-refractivity contribution in [2.24, 2.45) is 0 Å². The summed E-state index contributed by atoms with van der Waals surface area (Å²) >= 11 is 0. The molecule has 0 aliphatic rings. The van der Waals surface area contributed by atoms with Gasteiger partial charge in [0.05, 0.1) is 12.8 Å². The maximum Gasteiger partial charge on any atom is 0.137 e. The highest BCUT2D eigenvalue weighted by atomic mass is 16.5. The molecular formula is C12H14N2O. The van der Waals surface area contributed by atoms with Crippen LogP contribution in [0.5, 0.6) is 5.75 Å². The van der Waals surface area contributed by atoms with Gasteiger partial charge < -0.3 is 9.72 Å². The Morgan fingerprint density at radius 3 is 2.27 bits per heavy atom. The van der Waals surface area contributed by atoms with E-state index < -0.39 is 0 Å². The topological polar surface area (TPSA) is 37.9 Å². The maximum absolute atomic E-state index is 5.10. The standard InChI is InChI=1S/C12H14N2O/c1-8-9(2)14-12(13-8)10-4-6-11(15-3)7-5-10/h4-7H,1-3H3,(H,13,14). The molecule has 0 saturated heterocycles. The van der Waals surface area contributed by atoms with Crippen molar-refractivity contribution in [3.63, 3.8) is 0 Å². The van der Waals surface area contributed by atoms with Crippen molar-refractivity contribution in [1.82, 2.24) is 9.97 Å². The number of aromatic amines is 1. The monoisotopic (exact) mass is 202 g/mol. The lowest BCUT2D eigenvalue weighted by molar-refractivity contribution is 0.415. The first kappa shape index (κ1) is 9.77. The molecule has 0 spiro atoms. The SMILES string of the molecule is COc1ccc(-c2nc(C)c(C)[nH]2)cc1. The Labute approximate surface area is 89.1 Å². The van der Waals surface area contributed by atoms with Crippen LogP contribution in [0.3, 0.4) is 0 Å². The first-order chi connectivity index (χ1) is 7.20. The second-order valence-electron chi connectivity index (χ2n) is 3.52. The molecule has 0 atom stereocenters. The fourth-order valence-electron chi connectivity index (χ4n) is 1.43. The van der Waals surface area contributed by atoms with Gasteiger partial charge in [-0.1, -0.05) is 0 Å². The largest absolute Gasteiger partial charge is 0.497 e. The van der Waals surface area contributed by atoms with E-state index in [0.717, 1.165) is 28.5 Å². The van der Waals surface area contributed by atoms with Crippen LogP contribution in [-0.2, 0) is 0 Å². The van der Waals surface area contributed by atoms with Gasteiger partial charge in [0.1, 0.15) is 11.6 Å². The number of methoxy groups -OCH3 is 1. The van der Waals surface area contributed by atoms with E-state index in [1.54, 1.807) is 7.11 Å². The number of imidazole rings is 1. The quantitative estimate of drug-likeness (QED) is 0.813. The molecule has 0 amide bonds. The smallest absolute Gasteiger partial charge is 0.137 e. The van der Waals surface area contributed by atoms with E-state index in [-0.39, 0.29) is 0 Å². The number of aryl methyl sites for hydroxylation is 2. The molecule has 0 bridgehead atoms. The second kappa shape index (κ2) is 3.77. The third kappa shape index (κ3) is 1.86. The minimum atomic E-state index is 0.860. The molecule has 0 aliphatic carbocycles. The van der Waals surface area contributed by atoms with Crippen LogP contribution in [0, 0.1) is 13.8 Å². The zero-order valence-electron chi connectivity index (χ0n) is 9.16. The Hall–Kier alpha value is -1.77. The van der Waals surface area contributed by atoms with Gasteiger partial charge in [-0.3, -0.25) is 0 Å². The first-order valence-electron chi connectivity index (χ1n) is 4.88. The first-order valence-corrected chi connectivity index (χ1v) is 4.88. The predicted molar refractivity (Wildman–Crippen MR) is 60.0 cm³/mol. The molecule has 0 saturated carbocycles. The van der Waals surface area contributed by atoms with Gasteiger partial charge in [0.25, 0.3) is 0 Å². The lowest BCUT2D eigenvalue weighted by Gasteiger charge is -2.00. The summed E-state index contributed by atoms with van der Waals surface area (Å²) in [4.78, 5) is 7.69. The number of hydrogen-bond donors (Lipinski definition) is 1. The van der Waals surface area contributed by atoms with E-state index in [1.807, 2.05) is 38.1 Å². The molecule has 1 aromatic heterocycles. The summed E-state index contributed by atoms with van der Waals surface area (Å²) in [6.07, 6.45) is 0. The number of rotatable bonds is 2. The van der Waals surface area contributed by atoms with Gasteiger partial charge in [-0.2, -0.15) is 0 Å². The molecule has 1 heterocycles. The van der Waals surface area contributed by atoms with E-state index in [0.29, 0.717) is 0 Å². The number of nitrogens with zero attached hydrogens (tertiary/aromatic N) is 1. The summed E-state index contributed by atoms with van der Waals surface area (Å²) in [5.41, 5.74) is 3.23. The van der Waals surface area contributed by atoms with Crippen molar-refractivity contribution in [3.05, 3.63) is 35.7 Å². The van der Waals surface area contributed by atoms with Crippen molar-refractivity contribution in [1.29, 1.82) is 0 Å². The van der Waals surface area contributed by atoms with E-state index >= 15 is 0 Å². The average Bonchev–Trinajstić information content (AvgIpc) is 2.59. The minimum Gasteiger partial charge on any atom is -0.497 e. The van der Waals surface area contributed by atoms with E-state index in [1.165, 1.54) is 0 Å². The molecule has 78 valence electrons. The van der Waals surface area contributed by atoms with Gasteiger partial charge in [0.15, 0.2) is 0 Å². The summed E-state index contributed by atoms with van der Waals surface area (Å²) in [6.45, 7) is 4.02. The zero-order valence-corrected chi connectivity index (χ0v) is 9.16. The number of ether oxygens (including phenoxy) is 1. The van der Waals surface area contributed by atoms with Crippen LogP contribution in [0.25, 0.3) is 11.4 Å². The van der Waals surface area contributed by atoms with Crippen molar-refractivity contribution in [2.75, 3.05) is 7.11 Å². The van der Waals surface area contributed by atoms with E-state index in [2.05, 4.69) is 9.97 Å². The number of nitrogens with one attached hydrogen (secondary N) is 1. The van der Waals surface area contributed by atoms with Crippen molar-refractivity contribution >= 4 is 0 Å². The molecular weight excluding hydrogens is 188 g/mol. The minimum absolute atomic E-state index is 0.860. The van der Waals surface area contributed by atoms with Crippen LogP contribution in [0.1, 0.15) is 11.4 Å². The summed E-state index contributed by atoms with van der Waals surface area (Å²) < 4.78 is 5.10. The molecule has 0 aliphatic heterocycles. The number of H-pyrrole nitrogens is 1. The van der Waals surface area contributed by atoms with Crippen LogP contribution in [0.4, 0.5) is 0 Å². The molecule has 2 rings (SSSR count). The molecule has 15 heavy (non-hydrogen) atoms.